The van der Waals surface area contributed by atoms with Crippen LogP contribution in [-0.2, 0) is 4.74 Å². The van der Waals surface area contributed by atoms with E-state index in [2.05, 4.69) is 20.6 Å². The summed E-state index contributed by atoms with van der Waals surface area (Å²) in [5, 5.41) is 13.9. The van der Waals surface area contributed by atoms with Crippen LogP contribution in [0, 0.1) is 17.1 Å². The van der Waals surface area contributed by atoms with Crippen molar-refractivity contribution in [3.05, 3.63) is 54.4 Å². The minimum absolute atomic E-state index is 0.0301. The average molecular weight is 397 g/mol. The molecule has 0 spiro atoms. The van der Waals surface area contributed by atoms with Gasteiger partial charge in [-0.2, -0.15) is 5.26 Å². The van der Waals surface area contributed by atoms with Crippen LogP contribution in [0.2, 0.25) is 0 Å². The Hall–Kier alpha value is -3.97. The number of rotatable bonds is 7. The van der Waals surface area contributed by atoms with Gasteiger partial charge in [-0.1, -0.05) is 0 Å². The monoisotopic (exact) mass is 397 g/mol. The summed E-state index contributed by atoms with van der Waals surface area (Å²) < 4.78 is 30.0. The molecule has 2 N–H and O–H groups in total. The van der Waals surface area contributed by atoms with E-state index in [0.29, 0.717) is 11.3 Å². The molecule has 0 aliphatic rings. The molecule has 1 aromatic carbocycles. The van der Waals surface area contributed by atoms with E-state index in [1.807, 2.05) is 6.07 Å². The van der Waals surface area contributed by atoms with Gasteiger partial charge in [0, 0.05) is 13.2 Å². The second kappa shape index (κ2) is 9.29. The highest BCUT2D eigenvalue weighted by Crippen LogP contribution is 2.33. The van der Waals surface area contributed by atoms with Gasteiger partial charge >= 0.3 is 6.03 Å². The zero-order valence-corrected chi connectivity index (χ0v) is 15.3. The SMILES string of the molecule is COCCOc1cc(-c2ncco2)c(NC(=O)Nc2ccc(C#N)nc2)cc1F. The van der Waals surface area contributed by atoms with Crippen molar-refractivity contribution in [3.8, 4) is 23.3 Å². The van der Waals surface area contributed by atoms with Crippen molar-refractivity contribution in [2.24, 2.45) is 0 Å². The lowest BCUT2D eigenvalue weighted by atomic mass is 10.1. The van der Waals surface area contributed by atoms with E-state index in [1.54, 1.807) is 0 Å². The van der Waals surface area contributed by atoms with Gasteiger partial charge in [-0.15, -0.1) is 0 Å². The summed E-state index contributed by atoms with van der Waals surface area (Å²) in [6.45, 7) is 0.437. The number of hydrogen-bond donors (Lipinski definition) is 2. The molecule has 0 radical (unpaired) electrons. The van der Waals surface area contributed by atoms with Crippen LogP contribution in [0.1, 0.15) is 5.69 Å². The Bertz CT molecular complexity index is 1020. The first-order chi connectivity index (χ1) is 14.1. The molecule has 0 atom stereocenters. The third kappa shape index (κ3) is 5.06. The summed E-state index contributed by atoms with van der Waals surface area (Å²) in [4.78, 5) is 20.2. The number of methoxy groups -OCH3 is 1. The van der Waals surface area contributed by atoms with Crippen LogP contribution >= 0.6 is 0 Å². The van der Waals surface area contributed by atoms with Gasteiger partial charge in [-0.25, -0.2) is 19.2 Å². The molecule has 10 heteroatoms. The molecule has 0 saturated carbocycles. The number of anilines is 2. The standard InChI is InChI=1S/C19H16FN5O4/c1-27-6-7-28-17-8-14(18-22-4-5-29-18)16(9-15(17)20)25-19(26)24-13-3-2-12(10-21)23-11-13/h2-5,8-9,11H,6-7H2,1H3,(H2,24,25,26). The quantitative estimate of drug-likeness (QED) is 0.586. The van der Waals surface area contributed by atoms with Crippen LogP contribution in [0.4, 0.5) is 20.6 Å². The zero-order chi connectivity index (χ0) is 20.6. The molecule has 148 valence electrons. The van der Waals surface area contributed by atoms with Crippen molar-refractivity contribution in [1.82, 2.24) is 9.97 Å². The Morgan fingerprint density at radius 3 is 2.79 bits per heavy atom. The van der Waals surface area contributed by atoms with E-state index >= 15 is 0 Å². The minimum Gasteiger partial charge on any atom is -0.488 e. The van der Waals surface area contributed by atoms with E-state index in [4.69, 9.17) is 19.2 Å². The number of nitrogens with zero attached hydrogens (tertiary/aromatic N) is 3. The van der Waals surface area contributed by atoms with E-state index in [0.717, 1.165) is 6.07 Å². The van der Waals surface area contributed by atoms with Gasteiger partial charge in [-0.3, -0.25) is 0 Å². The Morgan fingerprint density at radius 2 is 2.14 bits per heavy atom. The largest absolute Gasteiger partial charge is 0.488 e. The first kappa shape index (κ1) is 19.8. The van der Waals surface area contributed by atoms with Crippen LogP contribution in [0.5, 0.6) is 5.75 Å². The van der Waals surface area contributed by atoms with Gasteiger partial charge in [0.05, 0.1) is 35.9 Å². The van der Waals surface area contributed by atoms with Crippen molar-refractivity contribution in [2.45, 2.75) is 0 Å². The van der Waals surface area contributed by atoms with Gasteiger partial charge in [0.15, 0.2) is 11.6 Å². The molecule has 0 fully saturated rings. The van der Waals surface area contributed by atoms with Crippen LogP contribution in [0.15, 0.2) is 47.3 Å². The highest BCUT2D eigenvalue weighted by molar-refractivity contribution is 6.02. The summed E-state index contributed by atoms with van der Waals surface area (Å²) in [6.07, 6.45) is 4.12. The number of amides is 2. The molecule has 2 aromatic heterocycles. The molecule has 0 aliphatic heterocycles. The molecule has 0 aliphatic carbocycles. The second-order valence-corrected chi connectivity index (χ2v) is 5.63. The molecule has 0 saturated heterocycles. The number of carbonyl (C=O) groups excluding carboxylic acids is 1. The fourth-order valence-electron chi connectivity index (χ4n) is 2.35. The number of hydrogen-bond acceptors (Lipinski definition) is 7. The Labute approximate surface area is 165 Å². The number of carbonyl (C=O) groups is 1. The Morgan fingerprint density at radius 1 is 1.28 bits per heavy atom. The Kier molecular flexibility index (Phi) is 6.34. The van der Waals surface area contributed by atoms with Crippen molar-refractivity contribution >= 4 is 17.4 Å². The van der Waals surface area contributed by atoms with Gasteiger partial charge in [0.25, 0.3) is 0 Å². The molecule has 3 rings (SSSR count). The van der Waals surface area contributed by atoms with Gasteiger partial charge in [0.1, 0.15) is 24.6 Å². The molecule has 0 unspecified atom stereocenters. The maximum absolute atomic E-state index is 14.4. The third-order valence-electron chi connectivity index (χ3n) is 3.66. The summed E-state index contributed by atoms with van der Waals surface area (Å²) in [5.74, 6) is -0.527. The number of aromatic nitrogens is 2. The number of pyridine rings is 1. The molecule has 3 aromatic rings. The maximum Gasteiger partial charge on any atom is 0.323 e. The lowest BCUT2D eigenvalue weighted by Crippen LogP contribution is -2.20. The minimum atomic E-state index is -0.674. The lowest BCUT2D eigenvalue weighted by molar-refractivity contribution is 0.144. The van der Waals surface area contributed by atoms with Crippen molar-refractivity contribution in [1.29, 1.82) is 5.26 Å². The first-order valence-corrected chi connectivity index (χ1v) is 8.40. The maximum atomic E-state index is 14.4. The number of ether oxygens (including phenoxy) is 2. The Balaban J connectivity index is 1.82. The number of halogens is 1. The third-order valence-corrected chi connectivity index (χ3v) is 3.66. The van der Waals surface area contributed by atoms with Crippen molar-refractivity contribution in [2.75, 3.05) is 31.0 Å². The summed E-state index contributed by atoms with van der Waals surface area (Å²) in [6, 6.07) is 6.71. The molecule has 9 nitrogen and oxygen atoms in total. The number of nitriles is 1. The predicted octanol–water partition coefficient (Wildman–Crippen LogP) is 3.42. The van der Waals surface area contributed by atoms with E-state index in [9.17, 15) is 9.18 Å². The molecule has 2 amide bonds. The highest BCUT2D eigenvalue weighted by atomic mass is 19.1. The molecule has 2 heterocycles. The fraction of sp³-hybridized carbons (Fsp3) is 0.158. The topological polar surface area (TPSA) is 122 Å². The van der Waals surface area contributed by atoms with Crippen molar-refractivity contribution < 1.29 is 23.1 Å². The summed E-state index contributed by atoms with van der Waals surface area (Å²) >= 11 is 0. The van der Waals surface area contributed by atoms with Crippen molar-refractivity contribution in [3.63, 3.8) is 0 Å². The normalized spacial score (nSPS) is 10.2. The molecular weight excluding hydrogens is 381 g/mol. The van der Waals surface area contributed by atoms with Gasteiger partial charge in [-0.05, 0) is 18.2 Å². The first-order valence-electron chi connectivity index (χ1n) is 8.40. The fourth-order valence-corrected chi connectivity index (χ4v) is 2.35. The second-order valence-electron chi connectivity index (χ2n) is 5.63. The smallest absolute Gasteiger partial charge is 0.323 e. The molecule has 29 heavy (non-hydrogen) atoms. The lowest BCUT2D eigenvalue weighted by Gasteiger charge is -2.13. The number of urea groups is 1. The number of benzene rings is 1. The predicted molar refractivity (Wildman–Crippen MR) is 101 cm³/mol. The van der Waals surface area contributed by atoms with Crippen LogP contribution in [0.25, 0.3) is 11.5 Å². The van der Waals surface area contributed by atoms with E-state index in [1.165, 1.54) is 44.0 Å². The van der Waals surface area contributed by atoms with E-state index < -0.39 is 11.8 Å². The summed E-state index contributed by atoms with van der Waals surface area (Å²) in [7, 11) is 1.51. The molecular formula is C19H16FN5O4. The van der Waals surface area contributed by atoms with Crippen LogP contribution in [-0.4, -0.2) is 36.3 Å². The number of oxazole rings is 1. The zero-order valence-electron chi connectivity index (χ0n) is 15.3. The van der Waals surface area contributed by atoms with Crippen LogP contribution in [0.3, 0.4) is 0 Å². The average Bonchev–Trinajstić information content (AvgIpc) is 3.25. The molecule has 0 bridgehead atoms. The number of nitrogens with one attached hydrogen (secondary N) is 2. The van der Waals surface area contributed by atoms with Crippen LogP contribution < -0.4 is 15.4 Å². The van der Waals surface area contributed by atoms with Gasteiger partial charge < -0.3 is 24.5 Å². The van der Waals surface area contributed by atoms with Gasteiger partial charge in [0.2, 0.25) is 5.89 Å². The summed E-state index contributed by atoms with van der Waals surface area (Å²) in [5.41, 5.74) is 1.03. The van der Waals surface area contributed by atoms with E-state index in [-0.39, 0.29) is 36.2 Å². The highest BCUT2D eigenvalue weighted by Gasteiger charge is 2.17.